The Morgan fingerprint density at radius 1 is 0.614 bits per heavy atom. The van der Waals surface area contributed by atoms with Crippen molar-refractivity contribution in [1.29, 1.82) is 0 Å². The van der Waals surface area contributed by atoms with Crippen LogP contribution in [-0.2, 0) is 30.7 Å². The van der Waals surface area contributed by atoms with Crippen LogP contribution in [0, 0.1) is 20.2 Å². The first-order chi connectivity index (χ1) is 20.9. The monoisotopic (exact) mass is 602 g/mol. The van der Waals surface area contributed by atoms with Crippen LogP contribution in [0.4, 0.5) is 11.4 Å². The van der Waals surface area contributed by atoms with Crippen LogP contribution in [0.3, 0.4) is 0 Å². The summed E-state index contributed by atoms with van der Waals surface area (Å²) in [5.74, 6) is -6.45. The highest BCUT2D eigenvalue weighted by Crippen LogP contribution is 2.43. The number of nitrogens with zero attached hydrogens (tertiary/aromatic N) is 2. The van der Waals surface area contributed by atoms with Gasteiger partial charge in [-0.3, -0.25) is 25.0 Å². The summed E-state index contributed by atoms with van der Waals surface area (Å²) in [4.78, 5) is 36.2. The van der Waals surface area contributed by atoms with Crippen molar-refractivity contribution in [3.05, 3.63) is 126 Å². The summed E-state index contributed by atoms with van der Waals surface area (Å²) in [6.07, 6.45) is -0.0281. The van der Waals surface area contributed by atoms with Gasteiger partial charge in [0.1, 0.15) is 5.78 Å². The molecule has 13 nitrogen and oxygen atoms in total. The minimum atomic E-state index is -1.17. The van der Waals surface area contributed by atoms with Crippen molar-refractivity contribution in [3.63, 3.8) is 0 Å². The number of rotatable bonds is 12. The molecular formula is C31H30N4O9. The molecule has 0 amide bonds. The van der Waals surface area contributed by atoms with Crippen LogP contribution in [0.25, 0.3) is 0 Å². The summed E-state index contributed by atoms with van der Waals surface area (Å²) >= 11 is 0. The zero-order chi connectivity index (χ0) is 32.1. The molecule has 0 fully saturated rings. The van der Waals surface area contributed by atoms with Crippen LogP contribution < -0.4 is 11.5 Å². The molecule has 44 heavy (non-hydrogen) atoms. The van der Waals surface area contributed by atoms with E-state index in [1.54, 1.807) is 48.5 Å². The third-order valence-corrected chi connectivity index (χ3v) is 7.47. The quantitative estimate of drug-likeness (QED) is 0.0764. The van der Waals surface area contributed by atoms with Crippen molar-refractivity contribution in [2.75, 3.05) is 0 Å². The molecule has 0 heterocycles. The lowest BCUT2D eigenvalue weighted by molar-refractivity contribution is -0.386. The van der Waals surface area contributed by atoms with Crippen molar-refractivity contribution >= 4 is 17.2 Å². The molecular weight excluding hydrogens is 572 g/mol. The molecule has 0 aliphatic heterocycles. The van der Waals surface area contributed by atoms with Gasteiger partial charge in [-0.05, 0) is 58.4 Å². The summed E-state index contributed by atoms with van der Waals surface area (Å²) in [7, 11) is 0. The van der Waals surface area contributed by atoms with Gasteiger partial charge in [-0.1, -0.05) is 48.5 Å². The maximum absolute atomic E-state index is 14.6. The number of Topliss-reactive ketones (excluding diaryl/α,β-unsaturated/α-hetero) is 1. The number of phenols is 4. The Labute approximate surface area is 250 Å². The van der Waals surface area contributed by atoms with E-state index in [0.717, 1.165) is 35.4 Å². The number of hydrogen-bond donors (Lipinski definition) is 6. The van der Waals surface area contributed by atoms with Crippen molar-refractivity contribution in [2.45, 2.75) is 37.8 Å². The van der Waals surface area contributed by atoms with Gasteiger partial charge < -0.3 is 31.9 Å². The first-order valence-electron chi connectivity index (χ1n) is 13.4. The number of hydrogen-bond acceptors (Lipinski definition) is 11. The second-order valence-electron chi connectivity index (χ2n) is 10.3. The van der Waals surface area contributed by atoms with Crippen LogP contribution >= 0.6 is 0 Å². The molecule has 0 aromatic heterocycles. The van der Waals surface area contributed by atoms with Gasteiger partial charge in [0.05, 0.1) is 9.85 Å². The highest BCUT2D eigenvalue weighted by atomic mass is 16.6. The molecule has 2 unspecified atom stereocenters. The van der Waals surface area contributed by atoms with E-state index in [9.17, 15) is 45.4 Å². The fourth-order valence-corrected chi connectivity index (χ4v) is 5.03. The molecule has 2 atom stereocenters. The third-order valence-electron chi connectivity index (χ3n) is 7.47. The largest absolute Gasteiger partial charge is 0.504 e. The summed E-state index contributed by atoms with van der Waals surface area (Å²) in [5, 5.41) is 64.3. The zero-order valence-electron chi connectivity index (χ0n) is 23.3. The van der Waals surface area contributed by atoms with Crippen molar-refractivity contribution in [1.82, 2.24) is 0 Å². The number of nitro benzene ring substituents is 2. The summed E-state index contributed by atoms with van der Waals surface area (Å²) < 4.78 is 0. The van der Waals surface area contributed by atoms with Gasteiger partial charge in [0, 0.05) is 37.1 Å². The Morgan fingerprint density at radius 2 is 0.932 bits per heavy atom. The van der Waals surface area contributed by atoms with Gasteiger partial charge in [-0.25, -0.2) is 0 Å². The Balaban J connectivity index is 1.91. The average molecular weight is 603 g/mol. The molecule has 0 saturated heterocycles. The summed E-state index contributed by atoms with van der Waals surface area (Å²) in [6, 6.07) is 18.1. The highest BCUT2D eigenvalue weighted by molar-refractivity contribution is 5.93. The van der Waals surface area contributed by atoms with E-state index in [1.165, 1.54) is 0 Å². The molecule has 4 aromatic rings. The molecule has 4 aromatic carbocycles. The first kappa shape index (κ1) is 31.4. The summed E-state index contributed by atoms with van der Waals surface area (Å²) in [5.41, 5.74) is 12.7. The number of nitro groups is 2. The molecule has 0 aliphatic rings. The van der Waals surface area contributed by atoms with E-state index in [2.05, 4.69) is 0 Å². The smallest absolute Gasteiger partial charge is 0.314 e. The van der Waals surface area contributed by atoms with Crippen LogP contribution in [0.15, 0.2) is 72.8 Å². The standard InChI is InChI=1S/C31H30N4O9/c32-15-19-5-1-17(2-6-19)9-23(21-11-25(34(41)42)30(39)27(36)13-21)29(38)24(10-18-3-7-20(16-33)8-4-18)22-12-26(35(43)44)31(40)28(37)14-22/h1-8,11-14,23-24,36-37,39-40H,9-10,15-16,32-33H2. The SMILES string of the molecule is NCc1ccc(CC(C(=O)C(Cc2ccc(CN)cc2)c2cc(O)c(O)c([N+](=O)[O-])c2)c2cc(O)c(O)c([N+](=O)[O-])c2)cc1. The molecule has 0 spiro atoms. The lowest BCUT2D eigenvalue weighted by Gasteiger charge is -2.24. The van der Waals surface area contributed by atoms with Crippen molar-refractivity contribution in [3.8, 4) is 23.0 Å². The van der Waals surface area contributed by atoms with Crippen LogP contribution in [0.2, 0.25) is 0 Å². The fraction of sp³-hybridized carbons (Fsp3) is 0.194. The second-order valence-corrected chi connectivity index (χ2v) is 10.3. The highest BCUT2D eigenvalue weighted by Gasteiger charge is 2.34. The predicted octanol–water partition coefficient (Wildman–Crippen LogP) is 4.16. The third kappa shape index (κ3) is 6.75. The molecule has 0 radical (unpaired) electrons. The van der Waals surface area contributed by atoms with Gasteiger partial charge in [0.15, 0.2) is 11.5 Å². The van der Waals surface area contributed by atoms with Gasteiger partial charge in [-0.15, -0.1) is 0 Å². The maximum atomic E-state index is 14.6. The molecule has 13 heteroatoms. The van der Waals surface area contributed by atoms with Gasteiger partial charge in [0.25, 0.3) is 0 Å². The molecule has 0 bridgehead atoms. The van der Waals surface area contributed by atoms with Crippen LogP contribution in [0.1, 0.15) is 45.2 Å². The minimum Gasteiger partial charge on any atom is -0.504 e. The van der Waals surface area contributed by atoms with Gasteiger partial charge in [0.2, 0.25) is 11.5 Å². The van der Waals surface area contributed by atoms with Gasteiger partial charge in [-0.2, -0.15) is 0 Å². The van der Waals surface area contributed by atoms with Crippen molar-refractivity contribution < 1.29 is 35.1 Å². The Kier molecular flexibility index (Phi) is 9.41. The number of nitrogens with two attached hydrogens (primary N) is 2. The number of benzene rings is 4. The lowest BCUT2D eigenvalue weighted by Crippen LogP contribution is -2.24. The maximum Gasteiger partial charge on any atom is 0.314 e. The molecule has 4 rings (SSSR count). The number of aromatic hydroxyl groups is 4. The molecule has 8 N–H and O–H groups in total. The van der Waals surface area contributed by atoms with Gasteiger partial charge >= 0.3 is 11.4 Å². The molecule has 0 aliphatic carbocycles. The molecule has 228 valence electrons. The van der Waals surface area contributed by atoms with E-state index < -0.39 is 61.8 Å². The predicted molar refractivity (Wildman–Crippen MR) is 159 cm³/mol. The zero-order valence-corrected chi connectivity index (χ0v) is 23.3. The van der Waals surface area contributed by atoms with E-state index in [0.29, 0.717) is 11.1 Å². The molecule has 0 saturated carbocycles. The second kappa shape index (κ2) is 13.2. The average Bonchev–Trinajstić information content (AvgIpc) is 3.01. The van der Waals surface area contributed by atoms with E-state index in [4.69, 9.17) is 11.5 Å². The Bertz CT molecular complexity index is 1580. The topological polar surface area (TPSA) is 236 Å². The normalized spacial score (nSPS) is 12.4. The minimum absolute atomic E-state index is 0.0141. The Morgan fingerprint density at radius 3 is 1.23 bits per heavy atom. The van der Waals surface area contributed by atoms with E-state index in [1.807, 2.05) is 0 Å². The van der Waals surface area contributed by atoms with E-state index >= 15 is 0 Å². The number of ketones is 1. The fourth-order valence-electron chi connectivity index (χ4n) is 5.03. The number of carbonyl (C=O) groups excluding carboxylic acids is 1. The van der Waals surface area contributed by atoms with E-state index in [-0.39, 0.29) is 37.1 Å². The first-order valence-corrected chi connectivity index (χ1v) is 13.4. The number of phenolic OH excluding ortho intramolecular Hbond substituents is 4. The van der Waals surface area contributed by atoms with Crippen molar-refractivity contribution in [2.24, 2.45) is 11.5 Å². The number of carbonyl (C=O) groups is 1. The van der Waals surface area contributed by atoms with Crippen LogP contribution in [-0.4, -0.2) is 36.1 Å². The summed E-state index contributed by atoms with van der Waals surface area (Å²) in [6.45, 7) is 0.545. The van der Waals surface area contributed by atoms with Crippen LogP contribution in [0.5, 0.6) is 23.0 Å². The lowest BCUT2D eigenvalue weighted by atomic mass is 9.77. The Hall–Kier alpha value is -5.53.